The fourth-order valence-electron chi connectivity index (χ4n) is 3.95. The van der Waals surface area contributed by atoms with E-state index < -0.39 is 11.8 Å². The molecule has 6 nitrogen and oxygen atoms in total. The summed E-state index contributed by atoms with van der Waals surface area (Å²) >= 11 is 0. The molecule has 0 amide bonds. The third-order valence-electron chi connectivity index (χ3n) is 5.63. The minimum absolute atomic E-state index is 0.199. The highest BCUT2D eigenvalue weighted by atomic mass is 19.3. The lowest BCUT2D eigenvalue weighted by molar-refractivity contribution is 0.0778. The number of nitrogens with zero attached hydrogens (tertiary/aromatic N) is 6. The van der Waals surface area contributed by atoms with Crippen molar-refractivity contribution in [1.82, 2.24) is 24.3 Å². The topological polar surface area (TPSA) is 72.3 Å². The van der Waals surface area contributed by atoms with Gasteiger partial charge in [-0.15, -0.1) is 0 Å². The van der Waals surface area contributed by atoms with Crippen LogP contribution in [0.1, 0.15) is 31.8 Å². The molecule has 0 radical (unpaired) electrons. The molecule has 3 aromatic heterocycles. The van der Waals surface area contributed by atoms with E-state index >= 15 is 0 Å². The van der Waals surface area contributed by atoms with Crippen LogP contribution in [-0.4, -0.2) is 30.7 Å². The van der Waals surface area contributed by atoms with Gasteiger partial charge in [0.2, 0.25) is 6.43 Å². The minimum Gasteiger partial charge on any atom is -0.331 e. The first-order chi connectivity index (χ1) is 15.2. The molecule has 0 bridgehead atoms. The maximum absolute atomic E-state index is 12.9. The van der Waals surface area contributed by atoms with E-state index in [0.717, 1.165) is 33.5 Å². The molecule has 1 aromatic carbocycles. The first-order valence-corrected chi connectivity index (χ1v) is 10.3. The van der Waals surface area contributed by atoms with E-state index in [1.807, 2.05) is 49.0 Å². The third-order valence-corrected chi connectivity index (χ3v) is 5.63. The Morgan fingerprint density at radius 2 is 1.91 bits per heavy atom. The molecule has 0 fully saturated rings. The lowest BCUT2D eigenvalue weighted by Crippen LogP contribution is -2.22. The molecule has 0 saturated carbocycles. The number of hydrogen-bond acceptors (Lipinski definition) is 4. The van der Waals surface area contributed by atoms with Gasteiger partial charge in [-0.05, 0) is 36.6 Å². The Morgan fingerprint density at radius 1 is 1.12 bits per heavy atom. The van der Waals surface area contributed by atoms with Crippen LogP contribution in [0.15, 0.2) is 42.7 Å². The lowest BCUT2D eigenvalue weighted by atomic mass is 9.89. The predicted molar refractivity (Wildman–Crippen MR) is 119 cm³/mol. The predicted octanol–water partition coefficient (Wildman–Crippen LogP) is 5.36. The zero-order chi connectivity index (χ0) is 23.0. The molecule has 3 heterocycles. The second kappa shape index (κ2) is 8.15. The van der Waals surface area contributed by atoms with Crippen LogP contribution in [0.2, 0.25) is 0 Å². The van der Waals surface area contributed by atoms with E-state index in [1.54, 1.807) is 30.8 Å². The van der Waals surface area contributed by atoms with Gasteiger partial charge in [0.25, 0.3) is 0 Å². The summed E-state index contributed by atoms with van der Waals surface area (Å²) in [6.07, 6.45) is 0.979. The first kappa shape index (κ1) is 21.6. The maximum Gasteiger partial charge on any atom is 0.239 e. The number of imidazole rings is 1. The Labute approximate surface area is 185 Å². The highest BCUT2D eigenvalue weighted by Crippen LogP contribution is 2.33. The monoisotopic (exact) mass is 434 g/mol. The molecule has 164 valence electrons. The molecule has 0 unspecified atom stereocenters. The van der Waals surface area contributed by atoms with E-state index in [4.69, 9.17) is 0 Å². The number of hydrogen-bond donors (Lipinski definition) is 0. The van der Waals surface area contributed by atoms with Crippen molar-refractivity contribution in [3.05, 3.63) is 54.2 Å². The Morgan fingerprint density at radius 3 is 2.62 bits per heavy atom. The number of aryl methyl sites for hydroxylation is 2. The second-order valence-electron chi connectivity index (χ2n) is 8.81. The Balaban J connectivity index is 1.75. The summed E-state index contributed by atoms with van der Waals surface area (Å²) in [5.74, 6) is 0.906. The molecular formula is C24H24F2N6. The molecular weight excluding hydrogens is 410 g/mol. The molecule has 8 heteroatoms. The summed E-state index contributed by atoms with van der Waals surface area (Å²) in [5, 5.41) is 13.8. The molecule has 0 aliphatic heterocycles. The van der Waals surface area contributed by atoms with Crippen molar-refractivity contribution in [2.75, 3.05) is 0 Å². The van der Waals surface area contributed by atoms with Crippen LogP contribution >= 0.6 is 0 Å². The number of nitriles is 1. The molecule has 32 heavy (non-hydrogen) atoms. The first-order valence-electron chi connectivity index (χ1n) is 10.3. The Hall–Kier alpha value is -3.60. The number of benzene rings is 1. The smallest absolute Gasteiger partial charge is 0.239 e. The molecule has 4 aromatic rings. The van der Waals surface area contributed by atoms with E-state index in [9.17, 15) is 14.0 Å². The van der Waals surface area contributed by atoms with Gasteiger partial charge in [0.15, 0.2) is 0 Å². The van der Waals surface area contributed by atoms with Crippen LogP contribution in [0.3, 0.4) is 0 Å². The van der Waals surface area contributed by atoms with Crippen molar-refractivity contribution >= 4 is 11.0 Å². The minimum atomic E-state index is -2.36. The number of pyridine rings is 1. The van der Waals surface area contributed by atoms with Crippen molar-refractivity contribution in [1.29, 1.82) is 5.26 Å². The molecule has 4 rings (SSSR count). The normalized spacial score (nSPS) is 11.9. The van der Waals surface area contributed by atoms with Crippen LogP contribution in [0.25, 0.3) is 33.4 Å². The standard InChI is InChI=1S/C24H24F2N6/c1-15-29-20-9-16(5-8-21(20)31(15)4)23-19(7-6-18(11-27)30-23)17-12-28-32(13-17)14-24(2,3)10-22(25)26/h5-9,12-13,22H,10,14H2,1-4H3. The molecule has 0 aliphatic rings. The number of aromatic nitrogens is 5. The average Bonchev–Trinajstić information content (AvgIpc) is 3.29. The van der Waals surface area contributed by atoms with Crippen molar-refractivity contribution in [2.45, 2.75) is 40.2 Å². The van der Waals surface area contributed by atoms with Gasteiger partial charge in [0, 0.05) is 42.9 Å². The van der Waals surface area contributed by atoms with Crippen molar-refractivity contribution in [3.8, 4) is 28.5 Å². The fraction of sp³-hybridized carbons (Fsp3) is 0.333. The van der Waals surface area contributed by atoms with Gasteiger partial charge in [-0.25, -0.2) is 18.7 Å². The van der Waals surface area contributed by atoms with Crippen LogP contribution in [0, 0.1) is 23.7 Å². The molecule has 0 aliphatic carbocycles. The summed E-state index contributed by atoms with van der Waals surface area (Å²) in [7, 11) is 1.97. The zero-order valence-corrected chi connectivity index (χ0v) is 18.5. The summed E-state index contributed by atoms with van der Waals surface area (Å²) in [4.78, 5) is 9.17. The van der Waals surface area contributed by atoms with Gasteiger partial charge in [0.05, 0.1) is 22.9 Å². The van der Waals surface area contributed by atoms with E-state index in [-0.39, 0.29) is 6.42 Å². The molecule has 0 spiro atoms. The van der Waals surface area contributed by atoms with Gasteiger partial charge in [-0.2, -0.15) is 10.4 Å². The second-order valence-corrected chi connectivity index (χ2v) is 8.81. The van der Waals surface area contributed by atoms with Gasteiger partial charge in [-0.3, -0.25) is 4.68 Å². The van der Waals surface area contributed by atoms with Crippen LogP contribution in [0.5, 0.6) is 0 Å². The highest BCUT2D eigenvalue weighted by molar-refractivity contribution is 5.87. The number of rotatable bonds is 6. The Kier molecular flexibility index (Phi) is 5.51. The molecule has 0 atom stereocenters. The maximum atomic E-state index is 12.9. The highest BCUT2D eigenvalue weighted by Gasteiger charge is 2.24. The van der Waals surface area contributed by atoms with Crippen LogP contribution < -0.4 is 0 Å². The van der Waals surface area contributed by atoms with E-state index in [0.29, 0.717) is 17.9 Å². The SMILES string of the molecule is Cc1nc2cc(-c3nc(C#N)ccc3-c3cnn(CC(C)(C)CC(F)F)c3)ccc2n1C. The quantitative estimate of drug-likeness (QED) is 0.410. The van der Waals surface area contributed by atoms with Crippen molar-refractivity contribution < 1.29 is 8.78 Å². The van der Waals surface area contributed by atoms with Crippen molar-refractivity contribution in [3.63, 3.8) is 0 Å². The van der Waals surface area contributed by atoms with Gasteiger partial charge in [-0.1, -0.05) is 19.9 Å². The van der Waals surface area contributed by atoms with E-state index in [1.165, 1.54) is 0 Å². The molecule has 0 saturated heterocycles. The van der Waals surface area contributed by atoms with Crippen LogP contribution in [-0.2, 0) is 13.6 Å². The van der Waals surface area contributed by atoms with Crippen LogP contribution in [0.4, 0.5) is 8.78 Å². The van der Waals surface area contributed by atoms with Gasteiger partial charge in [0.1, 0.15) is 17.6 Å². The summed E-state index contributed by atoms with van der Waals surface area (Å²) < 4.78 is 29.5. The number of fused-ring (bicyclic) bond motifs is 1. The van der Waals surface area contributed by atoms with Gasteiger partial charge >= 0.3 is 0 Å². The Bertz CT molecular complexity index is 1330. The number of halogens is 2. The van der Waals surface area contributed by atoms with E-state index in [2.05, 4.69) is 21.1 Å². The van der Waals surface area contributed by atoms with Gasteiger partial charge < -0.3 is 4.57 Å². The lowest BCUT2D eigenvalue weighted by Gasteiger charge is -2.23. The number of alkyl halides is 2. The zero-order valence-electron chi connectivity index (χ0n) is 18.5. The summed E-state index contributed by atoms with van der Waals surface area (Å²) in [5.41, 5.74) is 4.70. The fourth-order valence-corrected chi connectivity index (χ4v) is 3.95. The molecule has 0 N–H and O–H groups in total. The van der Waals surface area contributed by atoms with Crippen molar-refractivity contribution in [2.24, 2.45) is 12.5 Å². The summed E-state index contributed by atoms with van der Waals surface area (Å²) in [6, 6.07) is 11.5. The average molecular weight is 434 g/mol. The third kappa shape index (κ3) is 4.24. The largest absolute Gasteiger partial charge is 0.331 e. The summed E-state index contributed by atoms with van der Waals surface area (Å²) in [6.45, 7) is 5.93.